The van der Waals surface area contributed by atoms with E-state index in [1.807, 2.05) is 20.8 Å². The summed E-state index contributed by atoms with van der Waals surface area (Å²) in [7, 11) is 0. The summed E-state index contributed by atoms with van der Waals surface area (Å²) < 4.78 is 1.80. The van der Waals surface area contributed by atoms with E-state index in [4.69, 9.17) is 0 Å². The first-order valence-electron chi connectivity index (χ1n) is 8.23. The third kappa shape index (κ3) is 3.72. The van der Waals surface area contributed by atoms with Crippen molar-refractivity contribution in [1.29, 1.82) is 0 Å². The summed E-state index contributed by atoms with van der Waals surface area (Å²) in [5, 5.41) is 16.9. The molecule has 7 nitrogen and oxygen atoms in total. The highest BCUT2D eigenvalue weighted by Crippen LogP contribution is 2.19. The number of nitrogens with zero attached hydrogens (tertiary/aromatic N) is 3. The van der Waals surface area contributed by atoms with E-state index >= 15 is 0 Å². The monoisotopic (exact) mass is 332 g/mol. The fraction of sp³-hybridized carbons (Fsp3) is 0.529. The van der Waals surface area contributed by atoms with E-state index < -0.39 is 17.9 Å². The minimum atomic E-state index is -1.02. The first kappa shape index (κ1) is 17.9. The summed E-state index contributed by atoms with van der Waals surface area (Å²) >= 11 is 0. The van der Waals surface area contributed by atoms with Crippen molar-refractivity contribution < 1.29 is 14.7 Å². The average Bonchev–Trinajstić information content (AvgIpc) is 2.92. The van der Waals surface area contributed by atoms with Gasteiger partial charge in [0.25, 0.3) is 5.91 Å². The number of aromatic nitrogens is 3. The van der Waals surface area contributed by atoms with E-state index in [0.717, 1.165) is 23.9 Å². The SMILES string of the molecule is CCCC[C@H](NC(=O)c1cc2cnn(C(C)C)c2nc1C)C(=O)O. The van der Waals surface area contributed by atoms with Gasteiger partial charge in [0.05, 0.1) is 17.5 Å². The number of pyridine rings is 1. The maximum atomic E-state index is 12.5. The van der Waals surface area contributed by atoms with Crippen LogP contribution in [0.2, 0.25) is 0 Å². The molecular formula is C17H24N4O3. The van der Waals surface area contributed by atoms with E-state index in [-0.39, 0.29) is 6.04 Å². The molecule has 2 rings (SSSR count). The molecule has 2 aromatic heterocycles. The zero-order valence-electron chi connectivity index (χ0n) is 14.5. The number of nitrogens with one attached hydrogen (secondary N) is 1. The van der Waals surface area contributed by atoms with E-state index in [0.29, 0.717) is 17.7 Å². The van der Waals surface area contributed by atoms with Crippen LogP contribution >= 0.6 is 0 Å². The molecule has 0 fully saturated rings. The highest BCUT2D eigenvalue weighted by Gasteiger charge is 2.22. The lowest BCUT2D eigenvalue weighted by atomic mass is 10.1. The molecule has 0 saturated heterocycles. The minimum Gasteiger partial charge on any atom is -0.480 e. The van der Waals surface area contributed by atoms with Gasteiger partial charge in [0, 0.05) is 11.4 Å². The number of hydrogen-bond donors (Lipinski definition) is 2. The van der Waals surface area contributed by atoms with Crippen molar-refractivity contribution in [3.05, 3.63) is 23.5 Å². The standard InChI is InChI=1S/C17H24N4O3/c1-5-6-7-14(17(23)24)20-16(22)13-8-12-9-18-21(10(2)3)15(12)19-11(13)4/h8-10,14H,5-7H2,1-4H3,(H,20,22)(H,23,24)/t14-/m0/s1. The third-order valence-electron chi connectivity index (χ3n) is 3.94. The first-order valence-corrected chi connectivity index (χ1v) is 8.23. The van der Waals surface area contributed by atoms with E-state index in [9.17, 15) is 14.7 Å². The molecule has 0 aliphatic heterocycles. The summed E-state index contributed by atoms with van der Waals surface area (Å²) in [6.45, 7) is 7.74. The molecule has 0 bridgehead atoms. The topological polar surface area (TPSA) is 97.1 Å². The zero-order chi connectivity index (χ0) is 17.9. The van der Waals surface area contributed by atoms with Crippen molar-refractivity contribution in [3.8, 4) is 0 Å². The molecule has 0 saturated carbocycles. The van der Waals surface area contributed by atoms with Crippen molar-refractivity contribution in [2.45, 2.75) is 59.0 Å². The quantitative estimate of drug-likeness (QED) is 0.812. The third-order valence-corrected chi connectivity index (χ3v) is 3.94. The molecule has 0 aliphatic carbocycles. The van der Waals surface area contributed by atoms with Crippen molar-refractivity contribution in [1.82, 2.24) is 20.1 Å². The molecule has 2 N–H and O–H groups in total. The first-order chi connectivity index (χ1) is 11.3. The Hall–Kier alpha value is -2.44. The largest absolute Gasteiger partial charge is 0.480 e. The molecule has 24 heavy (non-hydrogen) atoms. The normalized spacial score (nSPS) is 12.5. The van der Waals surface area contributed by atoms with Gasteiger partial charge in [0.2, 0.25) is 0 Å². The number of carboxylic acids is 1. The Bertz CT molecular complexity index is 752. The molecule has 0 aromatic carbocycles. The molecule has 0 aliphatic rings. The van der Waals surface area contributed by atoms with Gasteiger partial charge in [0.15, 0.2) is 5.65 Å². The van der Waals surface area contributed by atoms with Crippen molar-refractivity contribution in [2.75, 3.05) is 0 Å². The molecule has 2 heterocycles. The van der Waals surface area contributed by atoms with Gasteiger partial charge in [-0.3, -0.25) is 4.79 Å². The number of carboxylic acid groups (broad SMARTS) is 1. The van der Waals surface area contributed by atoms with Gasteiger partial charge >= 0.3 is 5.97 Å². The number of hydrogen-bond acceptors (Lipinski definition) is 4. The van der Waals surface area contributed by atoms with Gasteiger partial charge in [-0.25, -0.2) is 14.5 Å². The number of rotatable bonds is 7. The Morgan fingerprint density at radius 1 is 1.38 bits per heavy atom. The summed E-state index contributed by atoms with van der Waals surface area (Å²) in [6.07, 6.45) is 3.71. The summed E-state index contributed by atoms with van der Waals surface area (Å²) in [4.78, 5) is 28.3. The van der Waals surface area contributed by atoms with Crippen LogP contribution in [0.5, 0.6) is 0 Å². The second-order valence-electron chi connectivity index (χ2n) is 6.22. The number of aryl methyl sites for hydroxylation is 1. The van der Waals surface area contributed by atoms with E-state index in [2.05, 4.69) is 15.4 Å². The minimum absolute atomic E-state index is 0.166. The summed E-state index contributed by atoms with van der Waals surface area (Å²) in [6, 6.07) is 1.00. The lowest BCUT2D eigenvalue weighted by Gasteiger charge is -2.15. The predicted octanol–water partition coefficient (Wildman–Crippen LogP) is 2.69. The molecule has 2 aromatic rings. The van der Waals surface area contributed by atoms with Crippen LogP contribution in [-0.4, -0.2) is 37.8 Å². The summed E-state index contributed by atoms with van der Waals surface area (Å²) in [5.41, 5.74) is 1.66. The lowest BCUT2D eigenvalue weighted by Crippen LogP contribution is -2.41. The second kappa shape index (κ2) is 7.42. The number of carbonyl (C=O) groups excluding carboxylic acids is 1. The van der Waals surface area contributed by atoms with Crippen LogP contribution in [0.1, 0.15) is 62.1 Å². The zero-order valence-corrected chi connectivity index (χ0v) is 14.5. The van der Waals surface area contributed by atoms with E-state index in [1.165, 1.54) is 0 Å². The van der Waals surface area contributed by atoms with Crippen LogP contribution in [0.4, 0.5) is 0 Å². The number of amides is 1. The van der Waals surface area contributed by atoms with Gasteiger partial charge in [-0.2, -0.15) is 5.10 Å². The lowest BCUT2D eigenvalue weighted by molar-refractivity contribution is -0.139. The van der Waals surface area contributed by atoms with Crippen molar-refractivity contribution in [2.24, 2.45) is 0 Å². The maximum absolute atomic E-state index is 12.5. The van der Waals surface area contributed by atoms with Crippen LogP contribution in [0.15, 0.2) is 12.3 Å². The number of aliphatic carboxylic acids is 1. The summed E-state index contributed by atoms with van der Waals surface area (Å²) in [5.74, 6) is -1.43. The van der Waals surface area contributed by atoms with Crippen LogP contribution in [0.3, 0.4) is 0 Å². The highest BCUT2D eigenvalue weighted by molar-refractivity contribution is 5.99. The Kier molecular flexibility index (Phi) is 5.54. The van der Waals surface area contributed by atoms with Gasteiger partial charge in [-0.15, -0.1) is 0 Å². The van der Waals surface area contributed by atoms with E-state index in [1.54, 1.807) is 23.9 Å². The molecule has 1 atom stereocenters. The number of unbranched alkanes of at least 4 members (excludes halogenated alkanes) is 1. The number of carbonyl (C=O) groups is 2. The second-order valence-corrected chi connectivity index (χ2v) is 6.22. The Morgan fingerprint density at radius 3 is 2.67 bits per heavy atom. The average molecular weight is 332 g/mol. The Labute approximate surface area is 141 Å². The van der Waals surface area contributed by atoms with Crippen LogP contribution < -0.4 is 5.32 Å². The predicted molar refractivity (Wildman–Crippen MR) is 91.1 cm³/mol. The van der Waals surface area contributed by atoms with Gasteiger partial charge in [0.1, 0.15) is 6.04 Å². The van der Waals surface area contributed by atoms with Crippen LogP contribution in [-0.2, 0) is 4.79 Å². The van der Waals surface area contributed by atoms with Crippen LogP contribution in [0.25, 0.3) is 11.0 Å². The van der Waals surface area contributed by atoms with Crippen molar-refractivity contribution in [3.63, 3.8) is 0 Å². The highest BCUT2D eigenvalue weighted by atomic mass is 16.4. The molecule has 1 amide bonds. The molecule has 130 valence electrons. The molecule has 0 unspecified atom stereocenters. The Morgan fingerprint density at radius 2 is 2.08 bits per heavy atom. The van der Waals surface area contributed by atoms with Gasteiger partial charge < -0.3 is 10.4 Å². The Balaban J connectivity index is 2.29. The fourth-order valence-corrected chi connectivity index (χ4v) is 2.58. The molecule has 0 radical (unpaired) electrons. The molecule has 0 spiro atoms. The van der Waals surface area contributed by atoms with Crippen molar-refractivity contribution >= 4 is 22.9 Å². The number of fused-ring (bicyclic) bond motifs is 1. The maximum Gasteiger partial charge on any atom is 0.326 e. The van der Waals surface area contributed by atoms with Gasteiger partial charge in [-0.1, -0.05) is 19.8 Å². The van der Waals surface area contributed by atoms with Crippen LogP contribution in [0, 0.1) is 6.92 Å². The molecular weight excluding hydrogens is 308 g/mol. The smallest absolute Gasteiger partial charge is 0.326 e. The molecule has 7 heteroatoms. The fourth-order valence-electron chi connectivity index (χ4n) is 2.58. The van der Waals surface area contributed by atoms with Gasteiger partial charge in [-0.05, 0) is 33.3 Å².